The van der Waals surface area contributed by atoms with Crippen molar-refractivity contribution in [3.63, 3.8) is 0 Å². The Morgan fingerprint density at radius 3 is 2.57 bits per heavy atom. The zero-order valence-corrected chi connectivity index (χ0v) is 19.7. The molecule has 0 spiro atoms. The molecule has 5 nitrogen and oxygen atoms in total. The van der Waals surface area contributed by atoms with E-state index in [1.165, 1.54) is 12.0 Å². The maximum Gasteiger partial charge on any atom is 0.191 e. The molecule has 2 heterocycles. The Hall–Kier alpha value is -1.30. The van der Waals surface area contributed by atoms with Crippen molar-refractivity contribution >= 4 is 17.6 Å². The smallest absolute Gasteiger partial charge is 0.191 e. The molecule has 168 valence electrons. The van der Waals surface area contributed by atoms with E-state index in [9.17, 15) is 0 Å². The highest BCUT2D eigenvalue weighted by Crippen LogP contribution is 2.38. The summed E-state index contributed by atoms with van der Waals surface area (Å²) in [4.78, 5) is 4.48. The minimum atomic E-state index is -0.0455. The summed E-state index contributed by atoms with van der Waals surface area (Å²) in [7, 11) is 1.83. The number of halogens is 1. The van der Waals surface area contributed by atoms with Crippen LogP contribution in [-0.2, 0) is 14.9 Å². The van der Waals surface area contributed by atoms with Crippen molar-refractivity contribution < 1.29 is 9.47 Å². The zero-order valence-electron chi connectivity index (χ0n) is 19.0. The summed E-state index contributed by atoms with van der Waals surface area (Å²) < 4.78 is 11.8. The fraction of sp³-hybridized carbons (Fsp3) is 0.708. The second kappa shape index (κ2) is 10.3. The fourth-order valence-corrected chi connectivity index (χ4v) is 5.24. The Labute approximate surface area is 187 Å². The topological polar surface area (TPSA) is 54.9 Å². The molecule has 2 aliphatic heterocycles. The molecule has 1 aromatic carbocycles. The monoisotopic (exact) mass is 435 g/mol. The summed E-state index contributed by atoms with van der Waals surface area (Å²) in [6, 6.07) is 8.20. The first-order chi connectivity index (χ1) is 14.4. The third-order valence-corrected chi connectivity index (χ3v) is 6.87. The molecule has 2 unspecified atom stereocenters. The van der Waals surface area contributed by atoms with Gasteiger partial charge in [0.1, 0.15) is 0 Å². The van der Waals surface area contributed by atoms with Crippen LogP contribution in [0, 0.1) is 11.3 Å². The van der Waals surface area contributed by atoms with E-state index in [0.29, 0.717) is 5.92 Å². The molecule has 1 aromatic rings. The second-order valence-electron chi connectivity index (χ2n) is 9.74. The van der Waals surface area contributed by atoms with Gasteiger partial charge in [-0.15, -0.1) is 0 Å². The highest BCUT2D eigenvalue weighted by molar-refractivity contribution is 6.31. The molecule has 30 heavy (non-hydrogen) atoms. The maximum absolute atomic E-state index is 6.59. The van der Waals surface area contributed by atoms with E-state index in [1.54, 1.807) is 0 Å². The molecule has 6 heteroatoms. The molecule has 0 amide bonds. The standard InChI is InChI=1S/C24H38ClN3O2/c1-23(2,3)21-18(8-7-13-30-21)16-27-22(26-4)28-17-24(11-14-29-15-12-24)19-9-5-6-10-20(19)25/h5-6,9-10,18,21H,7-8,11-17H2,1-4H3,(H2,26,27,28). The van der Waals surface area contributed by atoms with E-state index < -0.39 is 0 Å². The van der Waals surface area contributed by atoms with Crippen LogP contribution in [0.5, 0.6) is 0 Å². The molecular weight excluding hydrogens is 398 g/mol. The van der Waals surface area contributed by atoms with Crippen LogP contribution in [0.4, 0.5) is 0 Å². The van der Waals surface area contributed by atoms with Crippen LogP contribution in [0.25, 0.3) is 0 Å². The molecule has 2 N–H and O–H groups in total. The predicted octanol–water partition coefficient (Wildman–Crippen LogP) is 4.39. The van der Waals surface area contributed by atoms with Crippen LogP contribution in [0.1, 0.15) is 52.0 Å². The van der Waals surface area contributed by atoms with E-state index >= 15 is 0 Å². The third kappa shape index (κ3) is 5.68. The molecule has 0 bridgehead atoms. The van der Waals surface area contributed by atoms with Crippen LogP contribution < -0.4 is 10.6 Å². The number of hydrogen-bond acceptors (Lipinski definition) is 3. The molecule has 0 aliphatic carbocycles. The number of ether oxygens (including phenoxy) is 2. The molecule has 3 rings (SSSR count). The Kier molecular flexibility index (Phi) is 8.05. The first-order valence-corrected chi connectivity index (χ1v) is 11.6. The third-order valence-electron chi connectivity index (χ3n) is 6.54. The van der Waals surface area contributed by atoms with Gasteiger partial charge in [-0.05, 0) is 42.7 Å². The number of rotatable bonds is 5. The Morgan fingerprint density at radius 1 is 1.17 bits per heavy atom. The number of nitrogens with one attached hydrogen (secondary N) is 2. The van der Waals surface area contributed by atoms with Gasteiger partial charge in [0.2, 0.25) is 0 Å². The molecule has 2 aliphatic rings. The van der Waals surface area contributed by atoms with E-state index in [1.807, 2.05) is 19.2 Å². The van der Waals surface area contributed by atoms with Crippen molar-refractivity contribution in [1.29, 1.82) is 0 Å². The largest absolute Gasteiger partial charge is 0.381 e. The number of guanidine groups is 1. The Balaban J connectivity index is 1.64. The average Bonchev–Trinajstić information content (AvgIpc) is 2.74. The molecule has 2 saturated heterocycles. The van der Waals surface area contributed by atoms with Gasteiger partial charge in [-0.2, -0.15) is 0 Å². The summed E-state index contributed by atoms with van der Waals surface area (Å²) in [6.07, 6.45) is 4.47. The van der Waals surface area contributed by atoms with E-state index in [4.69, 9.17) is 21.1 Å². The number of hydrogen-bond donors (Lipinski definition) is 2. The summed E-state index contributed by atoms with van der Waals surface area (Å²) in [5.74, 6) is 1.32. The van der Waals surface area contributed by atoms with Gasteiger partial charge >= 0.3 is 0 Å². The van der Waals surface area contributed by atoms with Gasteiger partial charge in [0.05, 0.1) is 6.10 Å². The van der Waals surface area contributed by atoms with Gasteiger partial charge in [0.25, 0.3) is 0 Å². The first-order valence-electron chi connectivity index (χ1n) is 11.2. The average molecular weight is 436 g/mol. The van der Waals surface area contributed by atoms with Crippen molar-refractivity contribution in [2.45, 2.75) is 58.0 Å². The van der Waals surface area contributed by atoms with Crippen LogP contribution >= 0.6 is 11.6 Å². The lowest BCUT2D eigenvalue weighted by molar-refractivity contribution is -0.0835. The minimum Gasteiger partial charge on any atom is -0.381 e. The van der Waals surface area contributed by atoms with Gasteiger partial charge in [-0.25, -0.2) is 0 Å². The lowest BCUT2D eigenvalue weighted by Crippen LogP contribution is -2.51. The number of benzene rings is 1. The Bertz CT molecular complexity index is 711. The highest BCUT2D eigenvalue weighted by Gasteiger charge is 2.37. The maximum atomic E-state index is 6.59. The van der Waals surface area contributed by atoms with E-state index in [2.05, 4.69) is 48.5 Å². The Morgan fingerprint density at radius 2 is 1.90 bits per heavy atom. The summed E-state index contributed by atoms with van der Waals surface area (Å²) in [5, 5.41) is 7.97. The fourth-order valence-electron chi connectivity index (χ4n) is 4.91. The van der Waals surface area contributed by atoms with Crippen molar-refractivity contribution in [2.24, 2.45) is 16.3 Å². The molecular formula is C24H38ClN3O2. The molecule has 0 saturated carbocycles. The highest BCUT2D eigenvalue weighted by atomic mass is 35.5. The van der Waals surface area contributed by atoms with E-state index in [-0.39, 0.29) is 16.9 Å². The van der Waals surface area contributed by atoms with Crippen molar-refractivity contribution in [3.8, 4) is 0 Å². The first kappa shape index (κ1) is 23.4. The lowest BCUT2D eigenvalue weighted by atomic mass is 9.74. The quantitative estimate of drug-likeness (QED) is 0.531. The van der Waals surface area contributed by atoms with Crippen molar-refractivity contribution in [3.05, 3.63) is 34.9 Å². The number of aliphatic imine (C=N–C) groups is 1. The van der Waals surface area contributed by atoms with Crippen molar-refractivity contribution in [1.82, 2.24) is 10.6 Å². The lowest BCUT2D eigenvalue weighted by Gasteiger charge is -2.41. The van der Waals surface area contributed by atoms with Gasteiger partial charge in [0.15, 0.2) is 5.96 Å². The summed E-state index contributed by atoms with van der Waals surface area (Å²) in [6.45, 7) is 10.8. The van der Waals surface area contributed by atoms with Crippen LogP contribution in [0.3, 0.4) is 0 Å². The van der Waals surface area contributed by atoms with Gasteiger partial charge in [0, 0.05) is 56.3 Å². The second-order valence-corrected chi connectivity index (χ2v) is 10.1. The number of nitrogens with zero attached hydrogens (tertiary/aromatic N) is 1. The molecule has 0 radical (unpaired) electrons. The van der Waals surface area contributed by atoms with Crippen LogP contribution in [-0.4, -0.2) is 52.0 Å². The SMILES string of the molecule is CN=C(NCC1CCCOC1C(C)(C)C)NCC1(c2ccccc2Cl)CCOCC1. The van der Waals surface area contributed by atoms with Crippen LogP contribution in [0.15, 0.2) is 29.3 Å². The zero-order chi connectivity index (χ0) is 21.6. The summed E-state index contributed by atoms with van der Waals surface area (Å²) in [5.41, 5.74) is 1.29. The minimum absolute atomic E-state index is 0.0455. The van der Waals surface area contributed by atoms with Crippen molar-refractivity contribution in [2.75, 3.05) is 40.0 Å². The predicted molar refractivity (Wildman–Crippen MR) is 124 cm³/mol. The molecule has 2 fully saturated rings. The van der Waals surface area contributed by atoms with E-state index in [0.717, 1.165) is 63.2 Å². The van der Waals surface area contributed by atoms with Gasteiger partial charge in [-0.3, -0.25) is 4.99 Å². The molecule has 0 aromatic heterocycles. The van der Waals surface area contributed by atoms with Gasteiger partial charge < -0.3 is 20.1 Å². The molecule has 2 atom stereocenters. The van der Waals surface area contributed by atoms with Crippen LogP contribution in [0.2, 0.25) is 5.02 Å². The normalized spacial score (nSPS) is 25.0. The summed E-state index contributed by atoms with van der Waals surface area (Å²) >= 11 is 6.59. The van der Waals surface area contributed by atoms with Gasteiger partial charge in [-0.1, -0.05) is 50.6 Å².